The van der Waals surface area contributed by atoms with E-state index in [0.717, 1.165) is 5.69 Å². The van der Waals surface area contributed by atoms with Gasteiger partial charge in [0.2, 0.25) is 0 Å². The van der Waals surface area contributed by atoms with E-state index in [1.54, 1.807) is 48.8 Å². The van der Waals surface area contributed by atoms with Gasteiger partial charge in [0.25, 0.3) is 0 Å². The van der Waals surface area contributed by atoms with E-state index < -0.39 is 11.9 Å². The summed E-state index contributed by atoms with van der Waals surface area (Å²) in [6.45, 7) is 1.01. The van der Waals surface area contributed by atoms with Crippen molar-refractivity contribution in [3.8, 4) is 11.3 Å². The van der Waals surface area contributed by atoms with Crippen molar-refractivity contribution < 1.29 is 14.3 Å². The lowest BCUT2D eigenvalue weighted by molar-refractivity contribution is 0.0989. The second kappa shape index (κ2) is 8.79. The van der Waals surface area contributed by atoms with Crippen LogP contribution in [0, 0.1) is 5.82 Å². The molecule has 0 saturated carbocycles. The van der Waals surface area contributed by atoms with Crippen molar-refractivity contribution in [2.75, 3.05) is 23.7 Å². The predicted molar refractivity (Wildman–Crippen MR) is 117 cm³/mol. The Morgan fingerprint density at radius 3 is 2.77 bits per heavy atom. The summed E-state index contributed by atoms with van der Waals surface area (Å²) in [5.41, 5.74) is 14.5. The molecule has 7 nitrogen and oxygen atoms in total. The smallest absolute Gasteiger partial charge is 0.187 e. The molecule has 1 saturated heterocycles. The maximum atomic E-state index is 14.2. The number of piperidine rings is 1. The van der Waals surface area contributed by atoms with Crippen LogP contribution in [0.3, 0.4) is 0 Å². The van der Waals surface area contributed by atoms with E-state index in [0.29, 0.717) is 36.3 Å². The second-order valence-electron chi connectivity index (χ2n) is 7.77. The van der Waals surface area contributed by atoms with Gasteiger partial charge >= 0.3 is 0 Å². The molecule has 2 aromatic heterocycles. The Balaban J connectivity index is 1.63. The third-order valence-electron chi connectivity index (χ3n) is 5.37. The molecule has 8 heteroatoms. The number of rotatable bonds is 5. The summed E-state index contributed by atoms with van der Waals surface area (Å²) < 4.78 is 14.2. The summed E-state index contributed by atoms with van der Waals surface area (Å²) in [6, 6.07) is 11.0. The number of hydrogen-bond donors (Lipinski definition) is 3. The molecular weight excluding hydrogens is 397 g/mol. The van der Waals surface area contributed by atoms with E-state index in [4.69, 9.17) is 11.5 Å². The lowest BCUT2D eigenvalue weighted by atomic mass is 10.00. The maximum absolute atomic E-state index is 14.2. The van der Waals surface area contributed by atoms with Gasteiger partial charge in [-0.05, 0) is 36.8 Å². The Kier molecular flexibility index (Phi) is 5.92. The van der Waals surface area contributed by atoms with Crippen LogP contribution in [0.25, 0.3) is 11.3 Å². The first-order valence-electron chi connectivity index (χ1n) is 10.1. The zero-order chi connectivity index (χ0) is 22.0. The normalized spacial score (nSPS) is 18.7. The van der Waals surface area contributed by atoms with E-state index in [-0.39, 0.29) is 29.6 Å². The van der Waals surface area contributed by atoms with Crippen molar-refractivity contribution >= 4 is 17.2 Å². The molecule has 3 aromatic rings. The van der Waals surface area contributed by atoms with Crippen LogP contribution in [-0.2, 0) is 6.42 Å². The molecule has 3 heterocycles. The number of aliphatic hydroxyl groups is 1. The third-order valence-corrected chi connectivity index (χ3v) is 5.37. The average molecular weight is 421 g/mol. The van der Waals surface area contributed by atoms with Crippen LogP contribution in [0.4, 0.5) is 15.8 Å². The van der Waals surface area contributed by atoms with Gasteiger partial charge in [-0.15, -0.1) is 0 Å². The first-order valence-corrected chi connectivity index (χ1v) is 10.1. The topological polar surface area (TPSA) is 118 Å². The van der Waals surface area contributed by atoms with E-state index >= 15 is 0 Å². The first-order chi connectivity index (χ1) is 14.9. The van der Waals surface area contributed by atoms with Crippen LogP contribution in [0.15, 0.2) is 54.9 Å². The molecule has 1 aromatic carbocycles. The van der Waals surface area contributed by atoms with Crippen molar-refractivity contribution in [1.82, 2.24) is 9.97 Å². The molecule has 4 rings (SSSR count). The predicted octanol–water partition coefficient (Wildman–Crippen LogP) is 2.19. The minimum absolute atomic E-state index is 0.0168. The van der Waals surface area contributed by atoms with Crippen molar-refractivity contribution in [2.24, 2.45) is 5.73 Å². The third kappa shape index (κ3) is 4.55. The number of anilines is 2. The minimum Gasteiger partial charge on any atom is -0.397 e. The Hall–Kier alpha value is -3.36. The Morgan fingerprint density at radius 1 is 1.19 bits per heavy atom. The van der Waals surface area contributed by atoms with Gasteiger partial charge in [-0.1, -0.05) is 12.1 Å². The van der Waals surface area contributed by atoms with Gasteiger partial charge in [-0.3, -0.25) is 9.78 Å². The van der Waals surface area contributed by atoms with E-state index in [9.17, 15) is 14.3 Å². The molecule has 0 unspecified atom stereocenters. The summed E-state index contributed by atoms with van der Waals surface area (Å²) in [7, 11) is 0. The quantitative estimate of drug-likeness (QED) is 0.541. The number of pyridine rings is 2. The molecule has 31 heavy (non-hydrogen) atoms. The highest BCUT2D eigenvalue weighted by atomic mass is 19.1. The van der Waals surface area contributed by atoms with Crippen LogP contribution in [0.2, 0.25) is 0 Å². The maximum Gasteiger partial charge on any atom is 0.187 e. The highest BCUT2D eigenvalue weighted by Crippen LogP contribution is 2.27. The summed E-state index contributed by atoms with van der Waals surface area (Å²) in [6.07, 6.45) is 3.29. The Labute approximate surface area is 179 Å². The molecular formula is C23H24FN5O2. The largest absolute Gasteiger partial charge is 0.397 e. The van der Waals surface area contributed by atoms with Crippen LogP contribution in [0.1, 0.15) is 22.5 Å². The highest BCUT2D eigenvalue weighted by molar-refractivity contribution is 6.01. The van der Waals surface area contributed by atoms with Crippen molar-refractivity contribution in [2.45, 2.75) is 25.0 Å². The monoisotopic (exact) mass is 421 g/mol. The number of carbonyl (C=O) groups excluding carboxylic acids is 1. The fourth-order valence-electron chi connectivity index (χ4n) is 3.94. The summed E-state index contributed by atoms with van der Waals surface area (Å²) in [5, 5.41) is 10.1. The van der Waals surface area contributed by atoms with E-state index in [2.05, 4.69) is 9.97 Å². The molecule has 160 valence electrons. The molecule has 0 bridgehead atoms. The van der Waals surface area contributed by atoms with Gasteiger partial charge in [0.1, 0.15) is 11.5 Å². The number of aliphatic hydroxyl groups excluding tert-OH is 1. The zero-order valence-corrected chi connectivity index (χ0v) is 16.9. The molecule has 0 spiro atoms. The standard InChI is InChI=1S/C23H24FN5O2/c24-18-4-2-1-3-17(18)20-6-5-19(26)23(28-20)22(31)9-14-11-27-8-7-21(14)29-12-15(25)10-16(30)13-29/h1-8,11,15-16,30H,9-10,12-13,25-26H2/t15-,16+/m0/s1. The molecule has 1 aliphatic rings. The highest BCUT2D eigenvalue weighted by Gasteiger charge is 2.26. The minimum atomic E-state index is -0.532. The van der Waals surface area contributed by atoms with Crippen LogP contribution < -0.4 is 16.4 Å². The number of benzene rings is 1. The van der Waals surface area contributed by atoms with Crippen molar-refractivity contribution in [3.63, 3.8) is 0 Å². The average Bonchev–Trinajstić information content (AvgIpc) is 2.74. The van der Waals surface area contributed by atoms with Gasteiger partial charge in [0.05, 0.1) is 17.5 Å². The number of nitrogens with two attached hydrogens (primary N) is 2. The van der Waals surface area contributed by atoms with Gasteiger partial charge in [0, 0.05) is 54.8 Å². The molecule has 5 N–H and O–H groups in total. The van der Waals surface area contributed by atoms with Crippen LogP contribution in [0.5, 0.6) is 0 Å². The summed E-state index contributed by atoms with van der Waals surface area (Å²) in [4.78, 5) is 23.6. The number of hydrogen-bond acceptors (Lipinski definition) is 7. The molecule has 1 aliphatic heterocycles. The van der Waals surface area contributed by atoms with Gasteiger partial charge in [-0.25, -0.2) is 9.37 Å². The Morgan fingerprint density at radius 2 is 2.00 bits per heavy atom. The van der Waals surface area contributed by atoms with E-state index in [1.807, 2.05) is 4.90 Å². The van der Waals surface area contributed by atoms with Crippen molar-refractivity contribution in [1.29, 1.82) is 0 Å². The number of halogens is 1. The summed E-state index contributed by atoms with van der Waals surface area (Å²) in [5.74, 6) is -0.723. The van der Waals surface area contributed by atoms with Gasteiger partial charge < -0.3 is 21.5 Å². The number of nitrogen functional groups attached to an aromatic ring is 1. The molecule has 0 amide bonds. The second-order valence-corrected chi connectivity index (χ2v) is 7.77. The molecule has 0 aliphatic carbocycles. The fraction of sp³-hybridized carbons (Fsp3) is 0.261. The molecule has 1 fully saturated rings. The van der Waals surface area contributed by atoms with Crippen LogP contribution >= 0.6 is 0 Å². The van der Waals surface area contributed by atoms with E-state index in [1.165, 1.54) is 6.07 Å². The van der Waals surface area contributed by atoms with Gasteiger partial charge in [0.15, 0.2) is 5.78 Å². The number of nitrogens with zero attached hydrogens (tertiary/aromatic N) is 3. The Bertz CT molecular complexity index is 1100. The van der Waals surface area contributed by atoms with Crippen molar-refractivity contribution in [3.05, 3.63) is 71.9 Å². The summed E-state index contributed by atoms with van der Waals surface area (Å²) >= 11 is 0. The first kappa shape index (κ1) is 20.9. The number of β-amino-alcohol motifs (C(OH)–C–C–N with tert-alkyl or cyclic N) is 1. The number of carbonyl (C=O) groups is 1. The molecule has 2 atom stereocenters. The van der Waals surface area contributed by atoms with Crippen LogP contribution in [-0.4, -0.2) is 46.1 Å². The SMILES string of the molecule is Nc1ccc(-c2ccccc2F)nc1C(=O)Cc1cnccc1N1C[C@@H](N)C[C@@H](O)C1. The fourth-order valence-corrected chi connectivity index (χ4v) is 3.94. The molecule has 0 radical (unpaired) electrons. The zero-order valence-electron chi connectivity index (χ0n) is 16.9. The number of ketones is 1. The lowest BCUT2D eigenvalue weighted by Gasteiger charge is -2.36. The lowest BCUT2D eigenvalue weighted by Crippen LogP contribution is -2.49. The number of aromatic nitrogens is 2. The number of Topliss-reactive ketones (excluding diaryl/α,β-unsaturated/α-hetero) is 1. The van der Waals surface area contributed by atoms with Gasteiger partial charge in [-0.2, -0.15) is 0 Å².